The first-order valence-corrected chi connectivity index (χ1v) is 6.59. The van der Waals surface area contributed by atoms with Crippen molar-refractivity contribution in [1.29, 1.82) is 0 Å². The molecule has 0 aromatic carbocycles. The predicted octanol–water partition coefficient (Wildman–Crippen LogP) is 2.05. The Kier molecular flexibility index (Phi) is 5.26. The van der Waals surface area contributed by atoms with E-state index in [2.05, 4.69) is 19.2 Å². The zero-order chi connectivity index (χ0) is 12.1. The van der Waals surface area contributed by atoms with Crippen LogP contribution in [0.4, 0.5) is 0 Å². The number of carbonyl (C=O) groups is 1. The summed E-state index contributed by atoms with van der Waals surface area (Å²) >= 11 is 0. The molecule has 1 aliphatic rings. The minimum absolute atomic E-state index is 0.121. The molecule has 0 aromatic heterocycles. The van der Waals surface area contributed by atoms with E-state index in [1.807, 2.05) is 6.92 Å². The molecule has 1 saturated carbocycles. The van der Waals surface area contributed by atoms with Gasteiger partial charge in [0.15, 0.2) is 0 Å². The molecule has 0 aliphatic heterocycles. The molecule has 1 fully saturated rings. The normalized spacial score (nSPS) is 31.4. The molecule has 0 aromatic rings. The number of nitrogens with one attached hydrogen (secondary N) is 1. The summed E-state index contributed by atoms with van der Waals surface area (Å²) in [4.78, 5) is 11.7. The molecule has 3 nitrogen and oxygen atoms in total. The molecule has 4 atom stereocenters. The van der Waals surface area contributed by atoms with Crippen molar-refractivity contribution in [3.05, 3.63) is 0 Å². The molecule has 16 heavy (non-hydrogen) atoms. The van der Waals surface area contributed by atoms with E-state index in [4.69, 9.17) is 5.73 Å². The van der Waals surface area contributed by atoms with Crippen molar-refractivity contribution in [3.8, 4) is 0 Å². The van der Waals surface area contributed by atoms with Gasteiger partial charge in [-0.3, -0.25) is 4.79 Å². The summed E-state index contributed by atoms with van der Waals surface area (Å²) in [5, 5.41) is 3.15. The molecule has 0 spiro atoms. The van der Waals surface area contributed by atoms with E-state index < -0.39 is 0 Å². The van der Waals surface area contributed by atoms with Gasteiger partial charge in [-0.1, -0.05) is 20.3 Å². The van der Waals surface area contributed by atoms with Crippen LogP contribution < -0.4 is 11.1 Å². The Bertz CT molecular complexity index is 228. The van der Waals surface area contributed by atoms with Crippen LogP contribution in [0.2, 0.25) is 0 Å². The van der Waals surface area contributed by atoms with Gasteiger partial charge in [0.1, 0.15) is 0 Å². The first kappa shape index (κ1) is 13.5. The minimum atomic E-state index is 0.121. The summed E-state index contributed by atoms with van der Waals surface area (Å²) in [6.45, 7) is 6.44. The summed E-state index contributed by atoms with van der Waals surface area (Å²) in [7, 11) is 0. The molecule has 4 unspecified atom stereocenters. The maximum atomic E-state index is 11.7. The molecular formula is C13H26N2O. The first-order chi connectivity index (χ1) is 7.54. The van der Waals surface area contributed by atoms with Gasteiger partial charge in [0.25, 0.3) is 0 Å². The minimum Gasteiger partial charge on any atom is -0.353 e. The number of carbonyl (C=O) groups excluding carboxylic acids is 1. The van der Waals surface area contributed by atoms with Crippen LogP contribution in [-0.2, 0) is 4.79 Å². The van der Waals surface area contributed by atoms with Crippen LogP contribution in [0.1, 0.15) is 52.9 Å². The Morgan fingerprint density at radius 3 is 2.69 bits per heavy atom. The molecular weight excluding hydrogens is 200 g/mol. The van der Waals surface area contributed by atoms with Gasteiger partial charge in [0.2, 0.25) is 5.91 Å². The maximum Gasteiger partial charge on any atom is 0.220 e. The van der Waals surface area contributed by atoms with Crippen LogP contribution in [0, 0.1) is 11.8 Å². The van der Waals surface area contributed by atoms with E-state index in [0.717, 1.165) is 18.8 Å². The summed E-state index contributed by atoms with van der Waals surface area (Å²) in [5.41, 5.74) is 5.64. The van der Waals surface area contributed by atoms with Crippen LogP contribution in [0.5, 0.6) is 0 Å². The van der Waals surface area contributed by atoms with Gasteiger partial charge < -0.3 is 11.1 Å². The van der Waals surface area contributed by atoms with Gasteiger partial charge in [0, 0.05) is 18.5 Å². The Morgan fingerprint density at radius 2 is 2.19 bits per heavy atom. The average molecular weight is 226 g/mol. The quantitative estimate of drug-likeness (QED) is 0.754. The summed E-state index contributed by atoms with van der Waals surface area (Å²) < 4.78 is 0. The highest BCUT2D eigenvalue weighted by Gasteiger charge is 2.32. The lowest BCUT2D eigenvalue weighted by Crippen LogP contribution is -2.38. The van der Waals surface area contributed by atoms with E-state index in [1.54, 1.807) is 0 Å². The molecule has 0 heterocycles. The third kappa shape index (κ3) is 3.78. The predicted molar refractivity (Wildman–Crippen MR) is 67.0 cm³/mol. The molecule has 3 N–H and O–H groups in total. The maximum absolute atomic E-state index is 11.7. The van der Waals surface area contributed by atoms with Crippen molar-refractivity contribution in [1.82, 2.24) is 5.32 Å². The smallest absolute Gasteiger partial charge is 0.220 e. The molecule has 0 radical (unpaired) electrons. The van der Waals surface area contributed by atoms with E-state index in [9.17, 15) is 4.79 Å². The van der Waals surface area contributed by atoms with Gasteiger partial charge in [-0.15, -0.1) is 0 Å². The van der Waals surface area contributed by atoms with Gasteiger partial charge in [-0.25, -0.2) is 0 Å². The zero-order valence-electron chi connectivity index (χ0n) is 10.8. The second kappa shape index (κ2) is 6.24. The lowest BCUT2D eigenvalue weighted by Gasteiger charge is -2.21. The molecule has 1 amide bonds. The lowest BCUT2D eigenvalue weighted by molar-refractivity contribution is -0.122. The van der Waals surface area contributed by atoms with Crippen molar-refractivity contribution >= 4 is 5.91 Å². The van der Waals surface area contributed by atoms with Crippen LogP contribution in [0.25, 0.3) is 0 Å². The molecule has 94 valence electrons. The average Bonchev–Trinajstić information content (AvgIpc) is 2.57. The number of rotatable bonds is 5. The summed E-state index contributed by atoms with van der Waals surface area (Å²) in [6.07, 6.45) is 4.98. The van der Waals surface area contributed by atoms with E-state index >= 15 is 0 Å². The first-order valence-electron chi connectivity index (χ1n) is 6.59. The van der Waals surface area contributed by atoms with Gasteiger partial charge in [0.05, 0.1) is 0 Å². The second-order valence-corrected chi connectivity index (χ2v) is 5.29. The van der Waals surface area contributed by atoms with Crippen molar-refractivity contribution < 1.29 is 4.79 Å². The second-order valence-electron chi connectivity index (χ2n) is 5.29. The van der Waals surface area contributed by atoms with Crippen LogP contribution in [0.15, 0.2) is 0 Å². The fraction of sp³-hybridized carbons (Fsp3) is 0.923. The largest absolute Gasteiger partial charge is 0.353 e. The van der Waals surface area contributed by atoms with Crippen molar-refractivity contribution in [2.45, 2.75) is 65.0 Å². The summed E-state index contributed by atoms with van der Waals surface area (Å²) in [6, 6.07) is 0.515. The lowest BCUT2D eigenvalue weighted by atomic mass is 9.93. The van der Waals surface area contributed by atoms with E-state index in [1.165, 1.54) is 12.8 Å². The van der Waals surface area contributed by atoms with Gasteiger partial charge >= 0.3 is 0 Å². The van der Waals surface area contributed by atoms with Crippen LogP contribution in [-0.4, -0.2) is 18.0 Å². The third-order valence-corrected chi connectivity index (χ3v) is 3.92. The Hall–Kier alpha value is -0.570. The fourth-order valence-electron chi connectivity index (χ4n) is 2.67. The topological polar surface area (TPSA) is 55.1 Å². The van der Waals surface area contributed by atoms with Crippen LogP contribution >= 0.6 is 0 Å². The number of amides is 1. The van der Waals surface area contributed by atoms with E-state index in [-0.39, 0.29) is 11.9 Å². The van der Waals surface area contributed by atoms with Crippen molar-refractivity contribution in [3.63, 3.8) is 0 Å². The Balaban J connectivity index is 2.29. The monoisotopic (exact) mass is 226 g/mol. The molecule has 0 saturated heterocycles. The van der Waals surface area contributed by atoms with Crippen molar-refractivity contribution in [2.75, 3.05) is 0 Å². The Labute approximate surface area is 99.2 Å². The summed E-state index contributed by atoms with van der Waals surface area (Å²) in [5.74, 6) is 1.59. The molecule has 1 rings (SSSR count). The highest BCUT2D eigenvalue weighted by Crippen LogP contribution is 2.33. The van der Waals surface area contributed by atoms with Gasteiger partial charge in [-0.05, 0) is 38.0 Å². The molecule has 3 heteroatoms. The Morgan fingerprint density at radius 1 is 1.50 bits per heavy atom. The SMILES string of the molecule is CCC1CCC(NC(=O)CCC(C)N)C1C. The van der Waals surface area contributed by atoms with Crippen LogP contribution in [0.3, 0.4) is 0 Å². The third-order valence-electron chi connectivity index (χ3n) is 3.92. The van der Waals surface area contributed by atoms with Crippen molar-refractivity contribution in [2.24, 2.45) is 17.6 Å². The highest BCUT2D eigenvalue weighted by molar-refractivity contribution is 5.76. The highest BCUT2D eigenvalue weighted by atomic mass is 16.1. The van der Waals surface area contributed by atoms with E-state index in [0.29, 0.717) is 18.4 Å². The standard InChI is InChI=1S/C13H26N2O/c1-4-11-6-7-12(10(11)3)15-13(16)8-5-9(2)14/h9-12H,4-8,14H2,1-3H3,(H,15,16). The zero-order valence-corrected chi connectivity index (χ0v) is 10.8. The number of hydrogen-bond acceptors (Lipinski definition) is 2. The number of hydrogen-bond donors (Lipinski definition) is 2. The van der Waals surface area contributed by atoms with Gasteiger partial charge in [-0.2, -0.15) is 0 Å². The molecule has 0 bridgehead atoms. The number of nitrogens with two attached hydrogens (primary N) is 1. The fourth-order valence-corrected chi connectivity index (χ4v) is 2.67. The molecule has 1 aliphatic carbocycles.